The summed E-state index contributed by atoms with van der Waals surface area (Å²) in [5.74, 6) is -0.342. The highest BCUT2D eigenvalue weighted by Crippen LogP contribution is 2.31. The van der Waals surface area contributed by atoms with Gasteiger partial charge in [0.15, 0.2) is 5.13 Å². The summed E-state index contributed by atoms with van der Waals surface area (Å²) in [5, 5.41) is 3.32. The second-order valence-electron chi connectivity index (χ2n) is 7.23. The summed E-state index contributed by atoms with van der Waals surface area (Å²) in [6.45, 7) is 5.90. The highest BCUT2D eigenvalue weighted by Gasteiger charge is 2.15. The average molecular weight is 444 g/mol. The zero-order valence-corrected chi connectivity index (χ0v) is 19.1. The number of hydrogen-bond acceptors (Lipinski definition) is 5. The molecule has 0 atom stereocenters. The quantitative estimate of drug-likeness (QED) is 0.538. The molecule has 1 amide bonds. The Hall–Kier alpha value is -2.71. The highest BCUT2D eigenvalue weighted by atomic mass is 32.2. The van der Waals surface area contributed by atoms with Crippen LogP contribution in [0.5, 0.6) is 0 Å². The average Bonchev–Trinajstić information content (AvgIpc) is 3.03. The number of benzene rings is 2. The van der Waals surface area contributed by atoms with E-state index < -0.39 is 10.0 Å². The van der Waals surface area contributed by atoms with Gasteiger partial charge in [-0.2, -0.15) is 0 Å². The maximum absolute atomic E-state index is 12.7. The Morgan fingerprint density at radius 1 is 1.10 bits per heavy atom. The number of hydrogen-bond donors (Lipinski definition) is 2. The van der Waals surface area contributed by atoms with Crippen LogP contribution in [-0.4, -0.2) is 25.6 Å². The maximum Gasteiger partial charge on any atom is 0.257 e. The van der Waals surface area contributed by atoms with Crippen molar-refractivity contribution >= 4 is 38.1 Å². The van der Waals surface area contributed by atoms with Crippen molar-refractivity contribution in [3.8, 4) is 11.3 Å². The van der Waals surface area contributed by atoms with Crippen LogP contribution >= 0.6 is 11.3 Å². The molecule has 0 aliphatic heterocycles. The van der Waals surface area contributed by atoms with E-state index in [0.717, 1.165) is 40.8 Å². The molecule has 0 unspecified atom stereocenters. The molecule has 0 aliphatic carbocycles. The van der Waals surface area contributed by atoms with Gasteiger partial charge in [-0.1, -0.05) is 43.7 Å². The summed E-state index contributed by atoms with van der Waals surface area (Å²) in [7, 11) is -3.43. The van der Waals surface area contributed by atoms with Crippen molar-refractivity contribution in [1.29, 1.82) is 0 Å². The lowest BCUT2D eigenvalue weighted by molar-refractivity contribution is 0.102. The molecule has 3 rings (SSSR count). The molecule has 0 saturated heterocycles. The van der Waals surface area contributed by atoms with Crippen LogP contribution in [0.3, 0.4) is 0 Å². The van der Waals surface area contributed by atoms with E-state index in [9.17, 15) is 13.2 Å². The first-order valence-corrected chi connectivity index (χ1v) is 12.3. The molecular weight excluding hydrogens is 418 g/mol. The second kappa shape index (κ2) is 8.97. The Bertz CT molecular complexity index is 1170. The first-order chi connectivity index (χ1) is 14.2. The number of anilines is 2. The van der Waals surface area contributed by atoms with Crippen molar-refractivity contribution in [2.45, 2.75) is 33.6 Å². The number of sulfonamides is 1. The smallest absolute Gasteiger partial charge is 0.257 e. The van der Waals surface area contributed by atoms with Gasteiger partial charge in [0.25, 0.3) is 5.91 Å². The fourth-order valence-corrected chi connectivity index (χ4v) is 4.53. The molecule has 0 spiro atoms. The number of aromatic nitrogens is 1. The van der Waals surface area contributed by atoms with Gasteiger partial charge in [-0.3, -0.25) is 14.8 Å². The lowest BCUT2D eigenvalue weighted by Crippen LogP contribution is -2.14. The molecule has 3 aromatic rings. The second-order valence-corrected chi connectivity index (χ2v) is 10.2. The van der Waals surface area contributed by atoms with Gasteiger partial charge in [-0.25, -0.2) is 13.4 Å². The van der Waals surface area contributed by atoms with E-state index >= 15 is 0 Å². The van der Waals surface area contributed by atoms with Crippen LogP contribution in [0.4, 0.5) is 10.8 Å². The minimum absolute atomic E-state index is 0.342. The predicted octanol–water partition coefficient (Wildman–Crippen LogP) is 5.00. The van der Waals surface area contributed by atoms with E-state index in [1.54, 1.807) is 19.1 Å². The van der Waals surface area contributed by atoms with Crippen molar-refractivity contribution in [2.24, 2.45) is 0 Å². The van der Waals surface area contributed by atoms with Crippen LogP contribution < -0.4 is 10.0 Å². The lowest BCUT2D eigenvalue weighted by Gasteiger charge is -2.09. The first-order valence-electron chi connectivity index (χ1n) is 9.63. The van der Waals surface area contributed by atoms with Crippen molar-refractivity contribution in [2.75, 3.05) is 16.3 Å². The third-order valence-electron chi connectivity index (χ3n) is 4.58. The third kappa shape index (κ3) is 5.46. The molecule has 6 nitrogen and oxygen atoms in total. The molecule has 1 heterocycles. The summed E-state index contributed by atoms with van der Waals surface area (Å²) in [5.41, 5.74) is 4.62. The van der Waals surface area contributed by atoms with E-state index in [1.165, 1.54) is 23.0 Å². The normalized spacial score (nSPS) is 11.3. The summed E-state index contributed by atoms with van der Waals surface area (Å²) in [4.78, 5) is 18.3. The highest BCUT2D eigenvalue weighted by molar-refractivity contribution is 7.92. The van der Waals surface area contributed by atoms with Gasteiger partial charge in [0.2, 0.25) is 10.0 Å². The fraction of sp³-hybridized carbons (Fsp3) is 0.273. The van der Waals surface area contributed by atoms with Gasteiger partial charge in [0.05, 0.1) is 17.6 Å². The Balaban J connectivity index is 1.79. The van der Waals surface area contributed by atoms with Crippen LogP contribution in [-0.2, 0) is 16.4 Å². The predicted molar refractivity (Wildman–Crippen MR) is 124 cm³/mol. The zero-order chi connectivity index (χ0) is 21.9. The van der Waals surface area contributed by atoms with Crippen molar-refractivity contribution in [3.05, 3.63) is 64.0 Å². The largest absolute Gasteiger partial charge is 0.298 e. The number of nitrogens with one attached hydrogen (secondary N) is 2. The minimum Gasteiger partial charge on any atom is -0.298 e. The summed E-state index contributed by atoms with van der Waals surface area (Å²) < 4.78 is 25.5. The van der Waals surface area contributed by atoms with Gasteiger partial charge in [0, 0.05) is 16.0 Å². The van der Waals surface area contributed by atoms with Gasteiger partial charge >= 0.3 is 0 Å². The molecular formula is C22H25N3O3S2. The Kier molecular flexibility index (Phi) is 6.58. The third-order valence-corrected chi connectivity index (χ3v) is 6.06. The molecule has 1 aromatic heterocycles. The number of thiazole rings is 1. The number of nitrogens with zero attached hydrogens (tertiary/aromatic N) is 1. The van der Waals surface area contributed by atoms with Crippen LogP contribution in [0.15, 0.2) is 42.5 Å². The maximum atomic E-state index is 12.7. The summed E-state index contributed by atoms with van der Waals surface area (Å²) in [6.07, 6.45) is 3.23. The molecule has 158 valence electrons. The van der Waals surface area contributed by atoms with Crippen molar-refractivity contribution in [1.82, 2.24) is 4.98 Å². The molecule has 0 aliphatic rings. The van der Waals surface area contributed by atoms with Crippen LogP contribution in [0.1, 0.15) is 39.7 Å². The molecule has 30 heavy (non-hydrogen) atoms. The Labute approximate surface area is 181 Å². The topological polar surface area (TPSA) is 88.2 Å². The lowest BCUT2D eigenvalue weighted by atomic mass is 10.1. The molecule has 0 bridgehead atoms. The number of amides is 1. The van der Waals surface area contributed by atoms with Gasteiger partial charge in [0.1, 0.15) is 0 Å². The molecule has 0 saturated carbocycles. The number of rotatable bonds is 7. The number of carbonyl (C=O) groups is 1. The zero-order valence-electron chi connectivity index (χ0n) is 17.4. The standard InChI is InChI=1S/C22H25N3O3S2/c1-5-6-16-8-11-17(12-9-16)20-15(3)29-22(23-20)24-21(26)18-10-7-14(2)19(13-18)25-30(4,27)28/h7-13,25H,5-6H2,1-4H3,(H,23,24,26). The Morgan fingerprint density at radius 3 is 2.43 bits per heavy atom. The van der Waals surface area contributed by atoms with Gasteiger partial charge in [-0.15, -0.1) is 11.3 Å². The summed E-state index contributed by atoms with van der Waals surface area (Å²) >= 11 is 1.41. The monoisotopic (exact) mass is 443 g/mol. The Morgan fingerprint density at radius 2 is 1.80 bits per heavy atom. The van der Waals surface area contributed by atoms with Crippen LogP contribution in [0, 0.1) is 13.8 Å². The van der Waals surface area contributed by atoms with E-state index in [-0.39, 0.29) is 5.91 Å². The van der Waals surface area contributed by atoms with Crippen molar-refractivity contribution in [3.63, 3.8) is 0 Å². The van der Waals surface area contributed by atoms with Gasteiger partial charge < -0.3 is 0 Å². The number of carbonyl (C=O) groups excluding carboxylic acids is 1. The van der Waals surface area contributed by atoms with E-state index in [1.807, 2.05) is 6.92 Å². The summed E-state index contributed by atoms with van der Waals surface area (Å²) in [6, 6.07) is 13.2. The molecule has 0 radical (unpaired) electrons. The van der Waals surface area contributed by atoms with E-state index in [4.69, 9.17) is 0 Å². The molecule has 0 fully saturated rings. The van der Waals surface area contributed by atoms with Gasteiger partial charge in [-0.05, 0) is 43.5 Å². The van der Waals surface area contributed by atoms with E-state index in [0.29, 0.717) is 16.4 Å². The fourth-order valence-electron chi connectivity index (χ4n) is 3.08. The number of aryl methyl sites for hydroxylation is 3. The van der Waals surface area contributed by atoms with E-state index in [2.05, 4.69) is 46.2 Å². The first kappa shape index (κ1) is 22.0. The van der Waals surface area contributed by atoms with Crippen LogP contribution in [0.2, 0.25) is 0 Å². The SMILES string of the molecule is CCCc1ccc(-c2nc(NC(=O)c3ccc(C)c(NS(C)(=O)=O)c3)sc2C)cc1. The van der Waals surface area contributed by atoms with Crippen molar-refractivity contribution < 1.29 is 13.2 Å². The molecule has 2 N–H and O–H groups in total. The minimum atomic E-state index is -3.43. The molecule has 8 heteroatoms. The van der Waals surface area contributed by atoms with Crippen LogP contribution in [0.25, 0.3) is 11.3 Å². The molecule has 2 aromatic carbocycles.